The van der Waals surface area contributed by atoms with Crippen molar-refractivity contribution < 1.29 is 18.0 Å². The number of likely N-dealkylation sites (N-methyl/N-ethyl adjacent to an activating group) is 2. The zero-order chi connectivity index (χ0) is 14.6. The molecule has 8 heteroatoms. The van der Waals surface area contributed by atoms with Crippen LogP contribution in [0.1, 0.15) is 6.42 Å². The fourth-order valence-electron chi connectivity index (χ4n) is 1.88. The molecule has 1 aliphatic heterocycles. The highest BCUT2D eigenvalue weighted by atomic mass is 32.2. The van der Waals surface area contributed by atoms with Crippen molar-refractivity contribution in [2.45, 2.75) is 12.5 Å². The summed E-state index contributed by atoms with van der Waals surface area (Å²) in [4.78, 5) is 26.6. The van der Waals surface area contributed by atoms with Crippen molar-refractivity contribution in [1.29, 1.82) is 0 Å². The number of hydrogen-bond acceptors (Lipinski definition) is 5. The van der Waals surface area contributed by atoms with Gasteiger partial charge in [-0.2, -0.15) is 0 Å². The third-order valence-electron chi connectivity index (χ3n) is 3.12. The zero-order valence-corrected chi connectivity index (χ0v) is 12.4. The summed E-state index contributed by atoms with van der Waals surface area (Å²) in [6, 6.07) is -0.392. The summed E-state index contributed by atoms with van der Waals surface area (Å²) < 4.78 is 22.7. The van der Waals surface area contributed by atoms with Gasteiger partial charge in [-0.1, -0.05) is 0 Å². The Hall–Kier alpha value is -1.15. The number of amides is 2. The Bertz CT molecular complexity index is 447. The largest absolute Gasteiger partial charge is 0.347 e. The van der Waals surface area contributed by atoms with Gasteiger partial charge in [-0.15, -0.1) is 0 Å². The van der Waals surface area contributed by atoms with E-state index in [9.17, 15) is 18.0 Å². The Morgan fingerprint density at radius 2 is 1.89 bits per heavy atom. The molecule has 0 aliphatic carbocycles. The summed E-state index contributed by atoms with van der Waals surface area (Å²) in [6.45, 7) is 1.02. The molecular weight excluding hydrogens is 270 g/mol. The second-order valence-corrected chi connectivity index (χ2v) is 7.26. The normalized spacial score (nSPS) is 21.4. The molecule has 0 saturated carbocycles. The summed E-state index contributed by atoms with van der Waals surface area (Å²) in [5.74, 6) is -1.34. The minimum atomic E-state index is -3.06. The second kappa shape index (κ2) is 6.33. The van der Waals surface area contributed by atoms with Crippen LogP contribution in [0.15, 0.2) is 0 Å². The molecule has 19 heavy (non-hydrogen) atoms. The molecule has 0 bridgehead atoms. The van der Waals surface area contributed by atoms with Crippen LogP contribution in [0.25, 0.3) is 0 Å². The molecule has 1 rings (SSSR count). The lowest BCUT2D eigenvalue weighted by molar-refractivity contribution is -0.146. The van der Waals surface area contributed by atoms with Crippen LogP contribution in [0.5, 0.6) is 0 Å². The predicted molar refractivity (Wildman–Crippen MR) is 71.4 cm³/mol. The van der Waals surface area contributed by atoms with Gasteiger partial charge >= 0.3 is 11.8 Å². The Kier molecular flexibility index (Phi) is 5.30. The molecule has 1 saturated heterocycles. The molecule has 1 N–H and O–H groups in total. The fourth-order valence-corrected chi connectivity index (χ4v) is 3.65. The van der Waals surface area contributed by atoms with E-state index < -0.39 is 27.7 Å². The molecule has 1 heterocycles. The third kappa shape index (κ3) is 4.79. The van der Waals surface area contributed by atoms with Gasteiger partial charge in [0.25, 0.3) is 0 Å². The van der Waals surface area contributed by atoms with Gasteiger partial charge in [0.15, 0.2) is 9.84 Å². The number of carbonyl (C=O) groups excluding carboxylic acids is 2. The van der Waals surface area contributed by atoms with Gasteiger partial charge in [-0.3, -0.25) is 9.59 Å². The summed E-state index contributed by atoms with van der Waals surface area (Å²) in [5, 5.41) is 2.52. The molecule has 1 unspecified atom stereocenters. The number of carbonyl (C=O) groups is 2. The first-order chi connectivity index (χ1) is 8.73. The van der Waals surface area contributed by atoms with Crippen LogP contribution >= 0.6 is 0 Å². The zero-order valence-electron chi connectivity index (χ0n) is 11.5. The number of nitrogens with zero attached hydrogens (tertiary/aromatic N) is 2. The number of rotatable bonds is 4. The van der Waals surface area contributed by atoms with Crippen molar-refractivity contribution in [3.8, 4) is 0 Å². The summed E-state index contributed by atoms with van der Waals surface area (Å²) >= 11 is 0. The smallest absolute Gasteiger partial charge is 0.311 e. The average molecular weight is 291 g/mol. The van der Waals surface area contributed by atoms with Crippen molar-refractivity contribution in [2.24, 2.45) is 0 Å². The van der Waals surface area contributed by atoms with Crippen LogP contribution in [0.4, 0.5) is 0 Å². The minimum absolute atomic E-state index is 0.0553. The highest BCUT2D eigenvalue weighted by Gasteiger charge is 2.34. The standard InChI is InChI=1S/C11H21N3O4S/c1-13(2)6-5-12-10(15)11(16)14(3)9-4-7-19(17,18)8-9/h9H,4-8H2,1-3H3,(H,12,15). The van der Waals surface area contributed by atoms with Gasteiger partial charge < -0.3 is 15.1 Å². The molecule has 0 aromatic rings. The Morgan fingerprint density at radius 1 is 1.26 bits per heavy atom. The van der Waals surface area contributed by atoms with Crippen LogP contribution in [-0.4, -0.2) is 81.8 Å². The quantitative estimate of drug-likeness (QED) is 0.625. The maximum atomic E-state index is 11.8. The van der Waals surface area contributed by atoms with Gasteiger partial charge in [-0.25, -0.2) is 8.42 Å². The van der Waals surface area contributed by atoms with E-state index in [1.54, 1.807) is 0 Å². The van der Waals surface area contributed by atoms with Crippen molar-refractivity contribution in [3.05, 3.63) is 0 Å². The average Bonchev–Trinajstić information content (AvgIpc) is 2.67. The fraction of sp³-hybridized carbons (Fsp3) is 0.818. The van der Waals surface area contributed by atoms with Gasteiger partial charge in [0.05, 0.1) is 11.5 Å². The monoisotopic (exact) mass is 291 g/mol. The van der Waals surface area contributed by atoms with E-state index in [1.165, 1.54) is 11.9 Å². The Labute approximate surface area is 113 Å². The van der Waals surface area contributed by atoms with E-state index in [0.29, 0.717) is 19.5 Å². The molecule has 0 aromatic carbocycles. The highest BCUT2D eigenvalue weighted by Crippen LogP contribution is 2.16. The van der Waals surface area contributed by atoms with Gasteiger partial charge in [0, 0.05) is 26.2 Å². The van der Waals surface area contributed by atoms with Gasteiger partial charge in [0.1, 0.15) is 0 Å². The maximum absolute atomic E-state index is 11.8. The van der Waals surface area contributed by atoms with E-state index in [4.69, 9.17) is 0 Å². The molecule has 0 aromatic heterocycles. The second-order valence-electron chi connectivity index (χ2n) is 5.03. The SMILES string of the molecule is CN(C)CCNC(=O)C(=O)N(C)C1CCS(=O)(=O)C1. The minimum Gasteiger partial charge on any atom is -0.347 e. The van der Waals surface area contributed by atoms with Gasteiger partial charge in [-0.05, 0) is 20.5 Å². The first-order valence-corrected chi connectivity index (χ1v) is 7.95. The van der Waals surface area contributed by atoms with E-state index in [2.05, 4.69) is 5.32 Å². The van der Waals surface area contributed by atoms with Crippen LogP contribution < -0.4 is 5.32 Å². The lowest BCUT2D eigenvalue weighted by Gasteiger charge is -2.22. The van der Waals surface area contributed by atoms with Crippen molar-refractivity contribution in [2.75, 3.05) is 45.7 Å². The van der Waals surface area contributed by atoms with E-state index in [-0.39, 0.29) is 11.5 Å². The lowest BCUT2D eigenvalue weighted by atomic mass is 10.2. The Balaban J connectivity index is 2.46. The molecular formula is C11H21N3O4S. The van der Waals surface area contributed by atoms with Crippen LogP contribution in [0.3, 0.4) is 0 Å². The van der Waals surface area contributed by atoms with Crippen LogP contribution in [0, 0.1) is 0 Å². The predicted octanol–water partition coefficient (Wildman–Crippen LogP) is -1.69. The van der Waals surface area contributed by atoms with Crippen molar-refractivity contribution in [1.82, 2.24) is 15.1 Å². The molecule has 7 nitrogen and oxygen atoms in total. The molecule has 1 fully saturated rings. The summed E-state index contributed by atoms with van der Waals surface area (Å²) in [6.07, 6.45) is 0.398. The molecule has 1 atom stereocenters. The van der Waals surface area contributed by atoms with Crippen LogP contribution in [-0.2, 0) is 19.4 Å². The van der Waals surface area contributed by atoms with E-state index >= 15 is 0 Å². The molecule has 2 amide bonds. The van der Waals surface area contributed by atoms with Crippen molar-refractivity contribution in [3.63, 3.8) is 0 Å². The number of nitrogens with one attached hydrogen (secondary N) is 1. The van der Waals surface area contributed by atoms with Gasteiger partial charge in [0.2, 0.25) is 0 Å². The molecule has 110 valence electrons. The molecule has 0 radical (unpaired) electrons. The number of hydrogen-bond donors (Lipinski definition) is 1. The van der Waals surface area contributed by atoms with Crippen molar-refractivity contribution >= 4 is 21.7 Å². The molecule has 1 aliphatic rings. The topological polar surface area (TPSA) is 86.8 Å². The summed E-state index contributed by atoms with van der Waals surface area (Å²) in [5.41, 5.74) is 0. The van der Waals surface area contributed by atoms with E-state index in [0.717, 1.165) is 0 Å². The highest BCUT2D eigenvalue weighted by molar-refractivity contribution is 7.91. The molecule has 0 spiro atoms. The van der Waals surface area contributed by atoms with E-state index in [1.807, 2.05) is 19.0 Å². The first kappa shape index (κ1) is 15.9. The third-order valence-corrected chi connectivity index (χ3v) is 4.87. The Morgan fingerprint density at radius 3 is 2.37 bits per heavy atom. The maximum Gasteiger partial charge on any atom is 0.311 e. The van der Waals surface area contributed by atoms with Crippen LogP contribution in [0.2, 0.25) is 0 Å². The first-order valence-electron chi connectivity index (χ1n) is 6.13. The summed E-state index contributed by atoms with van der Waals surface area (Å²) in [7, 11) is 2.14. The number of sulfone groups is 1. The lowest BCUT2D eigenvalue weighted by Crippen LogP contribution is -2.47.